The number of fused-ring (bicyclic) bond motifs is 1. The lowest BCUT2D eigenvalue weighted by molar-refractivity contribution is 0.141. The van der Waals surface area contributed by atoms with Gasteiger partial charge in [0, 0.05) is 30.1 Å². The van der Waals surface area contributed by atoms with Gasteiger partial charge in [0.05, 0.1) is 5.52 Å². The van der Waals surface area contributed by atoms with Crippen molar-refractivity contribution in [1.29, 1.82) is 0 Å². The van der Waals surface area contributed by atoms with Crippen molar-refractivity contribution in [2.75, 3.05) is 31.1 Å². The minimum Gasteiger partial charge on any atom is -0.356 e. The maximum absolute atomic E-state index is 5.03. The van der Waals surface area contributed by atoms with Gasteiger partial charge in [-0.2, -0.15) is 0 Å². The van der Waals surface area contributed by atoms with Crippen molar-refractivity contribution in [3.63, 3.8) is 0 Å². The summed E-state index contributed by atoms with van der Waals surface area (Å²) in [6, 6.07) is 19.5. The fourth-order valence-corrected chi connectivity index (χ4v) is 4.74. The SMILES string of the molecule is c1ccc(-c2nc(N3CCC(N4CCCCC4)CC3)c3ccccc3n2)cc1. The first kappa shape index (κ1) is 17.6. The summed E-state index contributed by atoms with van der Waals surface area (Å²) in [5.74, 6) is 1.93. The molecule has 0 atom stereocenters. The van der Waals surface area contributed by atoms with Crippen molar-refractivity contribution >= 4 is 16.7 Å². The zero-order chi connectivity index (χ0) is 18.8. The molecule has 0 bridgehead atoms. The Labute approximate surface area is 167 Å². The Morgan fingerprint density at radius 2 is 1.43 bits per heavy atom. The molecule has 0 unspecified atom stereocenters. The topological polar surface area (TPSA) is 32.3 Å². The second kappa shape index (κ2) is 7.88. The minimum atomic E-state index is 0.748. The number of benzene rings is 2. The highest BCUT2D eigenvalue weighted by Crippen LogP contribution is 2.30. The van der Waals surface area contributed by atoms with E-state index in [1.165, 1.54) is 50.6 Å². The third-order valence-electron chi connectivity index (χ3n) is 6.29. The van der Waals surface area contributed by atoms with Gasteiger partial charge in [0.15, 0.2) is 5.82 Å². The molecular formula is C24H28N4. The Kier molecular flexibility index (Phi) is 4.96. The Morgan fingerprint density at radius 1 is 0.714 bits per heavy atom. The van der Waals surface area contributed by atoms with Gasteiger partial charge in [0.2, 0.25) is 0 Å². The van der Waals surface area contributed by atoms with E-state index in [0.29, 0.717) is 0 Å². The van der Waals surface area contributed by atoms with Crippen molar-refractivity contribution in [3.8, 4) is 11.4 Å². The highest BCUT2D eigenvalue weighted by molar-refractivity contribution is 5.91. The van der Waals surface area contributed by atoms with E-state index in [0.717, 1.165) is 41.9 Å². The van der Waals surface area contributed by atoms with Crippen LogP contribution in [0.4, 0.5) is 5.82 Å². The maximum atomic E-state index is 5.03. The molecule has 144 valence electrons. The van der Waals surface area contributed by atoms with E-state index in [1.807, 2.05) is 6.07 Å². The van der Waals surface area contributed by atoms with Gasteiger partial charge in [-0.25, -0.2) is 9.97 Å². The molecule has 2 aromatic carbocycles. The molecule has 1 aromatic heterocycles. The van der Waals surface area contributed by atoms with E-state index in [4.69, 9.17) is 9.97 Å². The minimum absolute atomic E-state index is 0.748. The molecule has 0 radical (unpaired) electrons. The number of aromatic nitrogens is 2. The standard InChI is InChI=1S/C24H28N4/c1-3-9-19(10-4-1)23-25-22-12-6-5-11-21(22)24(26-23)28-17-13-20(14-18-28)27-15-7-2-8-16-27/h1,3-6,9-12,20H,2,7-8,13-18H2. The van der Waals surface area contributed by atoms with Crippen LogP contribution in [0.25, 0.3) is 22.3 Å². The Hall–Kier alpha value is -2.46. The summed E-state index contributed by atoms with van der Waals surface area (Å²) in [5, 5.41) is 1.17. The van der Waals surface area contributed by atoms with Crippen molar-refractivity contribution in [1.82, 2.24) is 14.9 Å². The highest BCUT2D eigenvalue weighted by Gasteiger charge is 2.27. The van der Waals surface area contributed by atoms with E-state index in [2.05, 4.69) is 58.3 Å². The predicted octanol–water partition coefficient (Wildman–Crippen LogP) is 4.75. The maximum Gasteiger partial charge on any atom is 0.162 e. The summed E-state index contributed by atoms with van der Waals surface area (Å²) in [5.41, 5.74) is 2.11. The zero-order valence-corrected chi connectivity index (χ0v) is 16.4. The molecule has 3 aromatic rings. The first-order valence-corrected chi connectivity index (χ1v) is 10.7. The first-order valence-electron chi connectivity index (χ1n) is 10.7. The number of hydrogen-bond acceptors (Lipinski definition) is 4. The van der Waals surface area contributed by atoms with Crippen molar-refractivity contribution in [2.45, 2.75) is 38.1 Å². The van der Waals surface area contributed by atoms with Crippen LogP contribution in [-0.4, -0.2) is 47.1 Å². The molecular weight excluding hydrogens is 344 g/mol. The third-order valence-corrected chi connectivity index (χ3v) is 6.29. The van der Waals surface area contributed by atoms with Crippen molar-refractivity contribution in [2.24, 2.45) is 0 Å². The summed E-state index contributed by atoms with van der Waals surface area (Å²) < 4.78 is 0. The van der Waals surface area contributed by atoms with Crippen LogP contribution >= 0.6 is 0 Å². The number of rotatable bonds is 3. The molecule has 2 saturated heterocycles. The van der Waals surface area contributed by atoms with Crippen molar-refractivity contribution in [3.05, 3.63) is 54.6 Å². The van der Waals surface area contributed by atoms with Crippen molar-refractivity contribution < 1.29 is 0 Å². The van der Waals surface area contributed by atoms with E-state index >= 15 is 0 Å². The van der Waals surface area contributed by atoms with Gasteiger partial charge >= 0.3 is 0 Å². The summed E-state index contributed by atoms with van der Waals surface area (Å²) in [7, 11) is 0. The van der Waals surface area contributed by atoms with Gasteiger partial charge in [-0.1, -0.05) is 48.9 Å². The van der Waals surface area contributed by atoms with E-state index in [9.17, 15) is 0 Å². The molecule has 0 N–H and O–H groups in total. The molecule has 2 fully saturated rings. The van der Waals surface area contributed by atoms with Gasteiger partial charge < -0.3 is 9.80 Å². The molecule has 0 amide bonds. The number of hydrogen-bond donors (Lipinski definition) is 0. The molecule has 3 heterocycles. The lowest BCUT2D eigenvalue weighted by Crippen LogP contribution is -2.47. The quantitative estimate of drug-likeness (QED) is 0.664. The van der Waals surface area contributed by atoms with Crippen LogP contribution in [0.2, 0.25) is 0 Å². The zero-order valence-electron chi connectivity index (χ0n) is 16.4. The van der Waals surface area contributed by atoms with Gasteiger partial charge in [-0.05, 0) is 50.9 Å². The predicted molar refractivity (Wildman–Crippen MR) is 116 cm³/mol. The Morgan fingerprint density at radius 3 is 2.21 bits per heavy atom. The van der Waals surface area contributed by atoms with E-state index < -0.39 is 0 Å². The van der Waals surface area contributed by atoms with E-state index in [-0.39, 0.29) is 0 Å². The molecule has 4 nitrogen and oxygen atoms in total. The Bertz CT molecular complexity index is 926. The average Bonchev–Trinajstić information content (AvgIpc) is 2.80. The first-order chi connectivity index (χ1) is 13.9. The molecule has 2 aliphatic rings. The number of nitrogens with zero attached hydrogens (tertiary/aromatic N) is 4. The summed E-state index contributed by atoms with van der Waals surface area (Å²) in [6.07, 6.45) is 6.62. The van der Waals surface area contributed by atoms with Crippen LogP contribution in [0.5, 0.6) is 0 Å². The van der Waals surface area contributed by atoms with Gasteiger partial charge in [0.1, 0.15) is 5.82 Å². The van der Waals surface area contributed by atoms with Gasteiger partial charge in [-0.3, -0.25) is 0 Å². The smallest absolute Gasteiger partial charge is 0.162 e. The molecule has 2 aliphatic heterocycles. The summed E-state index contributed by atoms with van der Waals surface area (Å²) >= 11 is 0. The average molecular weight is 373 g/mol. The van der Waals surface area contributed by atoms with Crippen LogP contribution in [0.3, 0.4) is 0 Å². The monoisotopic (exact) mass is 372 g/mol. The summed E-state index contributed by atoms with van der Waals surface area (Å²) in [4.78, 5) is 15.1. The second-order valence-corrected chi connectivity index (χ2v) is 8.07. The number of anilines is 1. The highest BCUT2D eigenvalue weighted by atomic mass is 15.2. The molecule has 0 saturated carbocycles. The second-order valence-electron chi connectivity index (χ2n) is 8.07. The molecule has 0 spiro atoms. The van der Waals surface area contributed by atoms with Crippen LogP contribution in [-0.2, 0) is 0 Å². The molecule has 0 aliphatic carbocycles. The van der Waals surface area contributed by atoms with Gasteiger partial charge in [-0.15, -0.1) is 0 Å². The lowest BCUT2D eigenvalue weighted by atomic mass is 9.99. The van der Waals surface area contributed by atoms with Crippen LogP contribution in [0.15, 0.2) is 54.6 Å². The van der Waals surface area contributed by atoms with Gasteiger partial charge in [0.25, 0.3) is 0 Å². The number of para-hydroxylation sites is 1. The molecule has 28 heavy (non-hydrogen) atoms. The number of likely N-dealkylation sites (tertiary alicyclic amines) is 1. The number of piperidine rings is 2. The third kappa shape index (κ3) is 3.49. The normalized spacial score (nSPS) is 19.2. The fourth-order valence-electron chi connectivity index (χ4n) is 4.74. The summed E-state index contributed by atoms with van der Waals surface area (Å²) in [6.45, 7) is 4.74. The largest absolute Gasteiger partial charge is 0.356 e. The molecule has 4 heteroatoms. The van der Waals surface area contributed by atoms with Crippen LogP contribution in [0.1, 0.15) is 32.1 Å². The lowest BCUT2D eigenvalue weighted by Gasteiger charge is -2.40. The van der Waals surface area contributed by atoms with Crippen LogP contribution in [0, 0.1) is 0 Å². The fraction of sp³-hybridized carbons (Fsp3) is 0.417. The van der Waals surface area contributed by atoms with E-state index in [1.54, 1.807) is 0 Å². The molecule has 5 rings (SSSR count). The Balaban J connectivity index is 1.44. The van der Waals surface area contributed by atoms with Crippen LogP contribution < -0.4 is 4.90 Å².